The van der Waals surface area contributed by atoms with E-state index in [2.05, 4.69) is 28.7 Å². The number of likely N-dealkylation sites (tertiary alicyclic amines) is 1. The third-order valence-electron chi connectivity index (χ3n) is 4.24. The molecule has 5 heteroatoms. The molecule has 2 heterocycles. The first-order valence-electron chi connectivity index (χ1n) is 8.47. The van der Waals surface area contributed by atoms with E-state index in [-0.39, 0.29) is 0 Å². The Kier molecular flexibility index (Phi) is 5.08. The number of benzene rings is 1. The summed E-state index contributed by atoms with van der Waals surface area (Å²) in [7, 11) is 0. The van der Waals surface area contributed by atoms with Crippen LogP contribution in [-0.4, -0.2) is 40.7 Å². The second-order valence-electron chi connectivity index (χ2n) is 6.74. The van der Waals surface area contributed by atoms with Crippen molar-refractivity contribution in [1.82, 2.24) is 14.9 Å². The summed E-state index contributed by atoms with van der Waals surface area (Å²) in [6.07, 6.45) is 2.56. The second kappa shape index (κ2) is 7.23. The summed E-state index contributed by atoms with van der Waals surface area (Å²) in [4.78, 5) is 11.5. The van der Waals surface area contributed by atoms with Gasteiger partial charge in [0.05, 0.1) is 18.2 Å². The van der Waals surface area contributed by atoms with Crippen molar-refractivity contribution < 1.29 is 4.74 Å². The molecule has 124 valence electrons. The lowest BCUT2D eigenvalue weighted by Crippen LogP contribution is -2.37. The summed E-state index contributed by atoms with van der Waals surface area (Å²) < 4.78 is 5.94. The molecule has 1 saturated heterocycles. The van der Waals surface area contributed by atoms with Gasteiger partial charge in [-0.05, 0) is 30.9 Å². The third-order valence-corrected chi connectivity index (χ3v) is 4.24. The molecule has 0 spiro atoms. The van der Waals surface area contributed by atoms with Crippen molar-refractivity contribution in [1.29, 1.82) is 0 Å². The number of hydrogen-bond donors (Lipinski definition) is 1. The smallest absolute Gasteiger partial charge is 0.145 e. The first-order valence-corrected chi connectivity index (χ1v) is 8.47. The number of aromatic nitrogens is 2. The van der Waals surface area contributed by atoms with E-state index in [0.717, 1.165) is 55.8 Å². The zero-order valence-corrected chi connectivity index (χ0v) is 14.0. The fourth-order valence-electron chi connectivity index (χ4n) is 2.98. The maximum absolute atomic E-state index is 6.06. The van der Waals surface area contributed by atoms with Gasteiger partial charge < -0.3 is 10.5 Å². The van der Waals surface area contributed by atoms with E-state index in [1.807, 2.05) is 24.3 Å². The van der Waals surface area contributed by atoms with Gasteiger partial charge in [0.1, 0.15) is 11.6 Å². The Labute approximate surface area is 137 Å². The van der Waals surface area contributed by atoms with Crippen LogP contribution >= 0.6 is 0 Å². The van der Waals surface area contributed by atoms with Crippen molar-refractivity contribution in [2.75, 3.05) is 25.4 Å². The highest BCUT2D eigenvalue weighted by molar-refractivity contribution is 5.87. The van der Waals surface area contributed by atoms with Gasteiger partial charge in [-0.15, -0.1) is 0 Å². The van der Waals surface area contributed by atoms with Crippen LogP contribution in [0.4, 0.5) is 5.82 Å². The highest BCUT2D eigenvalue weighted by atomic mass is 16.5. The number of piperidine rings is 1. The molecule has 2 N–H and O–H groups in total. The molecule has 0 unspecified atom stereocenters. The second-order valence-corrected chi connectivity index (χ2v) is 6.74. The summed E-state index contributed by atoms with van der Waals surface area (Å²) in [5.41, 5.74) is 6.98. The van der Waals surface area contributed by atoms with Crippen molar-refractivity contribution in [2.45, 2.75) is 39.3 Å². The molecule has 0 radical (unpaired) electrons. The van der Waals surface area contributed by atoms with E-state index < -0.39 is 0 Å². The molecule has 1 aromatic carbocycles. The van der Waals surface area contributed by atoms with E-state index >= 15 is 0 Å². The zero-order chi connectivity index (χ0) is 16.2. The van der Waals surface area contributed by atoms with Gasteiger partial charge in [-0.3, -0.25) is 4.90 Å². The van der Waals surface area contributed by atoms with Crippen molar-refractivity contribution in [3.8, 4) is 0 Å². The number of nitrogen functional groups attached to an aromatic ring is 1. The average Bonchev–Trinajstić information content (AvgIpc) is 2.54. The predicted molar refractivity (Wildman–Crippen MR) is 93.0 cm³/mol. The molecule has 0 aliphatic carbocycles. The molecule has 23 heavy (non-hydrogen) atoms. The highest BCUT2D eigenvalue weighted by Crippen LogP contribution is 2.20. The minimum Gasteiger partial charge on any atom is -0.383 e. The standard InChI is InChI=1S/C18H26N4O/c1-13(2)12-23-14-7-9-22(10-8-14)11-17-20-16-6-4-3-5-15(16)18(19)21-17/h3-6,13-14H,7-12H2,1-2H3,(H2,19,20,21). The number of ether oxygens (including phenoxy) is 1. The quantitative estimate of drug-likeness (QED) is 0.919. The Morgan fingerprint density at radius 3 is 2.70 bits per heavy atom. The zero-order valence-electron chi connectivity index (χ0n) is 14.0. The number of rotatable bonds is 5. The van der Waals surface area contributed by atoms with Crippen molar-refractivity contribution in [2.24, 2.45) is 5.92 Å². The van der Waals surface area contributed by atoms with E-state index in [4.69, 9.17) is 10.5 Å². The maximum atomic E-state index is 6.06. The van der Waals surface area contributed by atoms with Crippen LogP contribution in [0.5, 0.6) is 0 Å². The largest absolute Gasteiger partial charge is 0.383 e. The fourth-order valence-corrected chi connectivity index (χ4v) is 2.98. The van der Waals surface area contributed by atoms with Crippen LogP contribution in [0.3, 0.4) is 0 Å². The van der Waals surface area contributed by atoms with Gasteiger partial charge in [0.25, 0.3) is 0 Å². The minimum atomic E-state index is 0.399. The molecule has 0 bridgehead atoms. The molecule has 3 rings (SSSR count). The molecule has 0 amide bonds. The molecule has 5 nitrogen and oxygen atoms in total. The molecule has 0 atom stereocenters. The fraction of sp³-hybridized carbons (Fsp3) is 0.556. The maximum Gasteiger partial charge on any atom is 0.145 e. The summed E-state index contributed by atoms with van der Waals surface area (Å²) in [6.45, 7) is 8.05. The van der Waals surface area contributed by atoms with Crippen LogP contribution in [0.2, 0.25) is 0 Å². The summed E-state index contributed by atoms with van der Waals surface area (Å²) in [5.74, 6) is 1.98. The van der Waals surface area contributed by atoms with Gasteiger partial charge in [-0.25, -0.2) is 9.97 Å². The lowest BCUT2D eigenvalue weighted by atomic mass is 10.1. The molecular weight excluding hydrogens is 288 g/mol. The van der Waals surface area contributed by atoms with Crippen LogP contribution in [0, 0.1) is 5.92 Å². The van der Waals surface area contributed by atoms with Crippen LogP contribution < -0.4 is 5.73 Å². The summed E-state index contributed by atoms with van der Waals surface area (Å²) in [6, 6.07) is 7.90. The van der Waals surface area contributed by atoms with E-state index in [1.54, 1.807) is 0 Å². The normalized spacial score (nSPS) is 17.2. The predicted octanol–water partition coefficient (Wildman–Crippen LogP) is 2.85. The molecule has 1 aromatic heterocycles. The van der Waals surface area contributed by atoms with E-state index in [0.29, 0.717) is 17.8 Å². The molecule has 1 aliphatic heterocycles. The van der Waals surface area contributed by atoms with Crippen LogP contribution in [0.25, 0.3) is 10.9 Å². The monoisotopic (exact) mass is 314 g/mol. The Morgan fingerprint density at radius 1 is 1.22 bits per heavy atom. The summed E-state index contributed by atoms with van der Waals surface area (Å²) >= 11 is 0. The minimum absolute atomic E-state index is 0.399. The lowest BCUT2D eigenvalue weighted by Gasteiger charge is -2.31. The van der Waals surface area contributed by atoms with Gasteiger partial charge >= 0.3 is 0 Å². The van der Waals surface area contributed by atoms with Crippen LogP contribution in [0.1, 0.15) is 32.5 Å². The van der Waals surface area contributed by atoms with E-state index in [9.17, 15) is 0 Å². The Balaban J connectivity index is 1.58. The first-order chi connectivity index (χ1) is 11.1. The van der Waals surface area contributed by atoms with E-state index in [1.165, 1.54) is 0 Å². The van der Waals surface area contributed by atoms with Crippen molar-refractivity contribution in [3.63, 3.8) is 0 Å². The Bertz CT molecular complexity index is 651. The molecule has 0 saturated carbocycles. The lowest BCUT2D eigenvalue weighted by molar-refractivity contribution is -0.00623. The molecule has 2 aromatic rings. The Hall–Kier alpha value is -1.72. The SMILES string of the molecule is CC(C)COC1CCN(Cc2nc(N)c3ccccc3n2)CC1. The van der Waals surface area contributed by atoms with Crippen LogP contribution in [0.15, 0.2) is 24.3 Å². The number of hydrogen-bond acceptors (Lipinski definition) is 5. The molecule has 1 fully saturated rings. The van der Waals surface area contributed by atoms with Crippen LogP contribution in [-0.2, 0) is 11.3 Å². The number of nitrogens with two attached hydrogens (primary N) is 1. The van der Waals surface area contributed by atoms with Gasteiger partial charge in [0.15, 0.2) is 0 Å². The average molecular weight is 314 g/mol. The highest BCUT2D eigenvalue weighted by Gasteiger charge is 2.21. The van der Waals surface area contributed by atoms with Gasteiger partial charge in [-0.1, -0.05) is 26.0 Å². The number of anilines is 1. The summed E-state index contributed by atoms with van der Waals surface area (Å²) in [5, 5.41) is 0.928. The molecular formula is C18H26N4O. The topological polar surface area (TPSA) is 64.3 Å². The first kappa shape index (κ1) is 16.1. The van der Waals surface area contributed by atoms with Gasteiger partial charge in [-0.2, -0.15) is 0 Å². The van der Waals surface area contributed by atoms with Crippen molar-refractivity contribution >= 4 is 16.7 Å². The molecule has 1 aliphatic rings. The van der Waals surface area contributed by atoms with Crippen molar-refractivity contribution in [3.05, 3.63) is 30.1 Å². The van der Waals surface area contributed by atoms with Gasteiger partial charge in [0.2, 0.25) is 0 Å². The van der Waals surface area contributed by atoms with Gasteiger partial charge in [0, 0.05) is 25.1 Å². The Morgan fingerprint density at radius 2 is 1.96 bits per heavy atom. The number of fused-ring (bicyclic) bond motifs is 1. The number of para-hydroxylation sites is 1. The third kappa shape index (κ3) is 4.18. The number of nitrogens with zero attached hydrogens (tertiary/aromatic N) is 3.